The topological polar surface area (TPSA) is 29.3 Å². The number of hydrogen-bond acceptors (Lipinski definition) is 2. The van der Waals surface area contributed by atoms with E-state index < -0.39 is 0 Å². The van der Waals surface area contributed by atoms with Crippen LogP contribution in [0.5, 0.6) is 0 Å². The molecule has 0 radical (unpaired) electrons. The second kappa shape index (κ2) is 3.35. The molecule has 0 aromatic carbocycles. The van der Waals surface area contributed by atoms with Gasteiger partial charge >= 0.3 is 0 Å². The SMILES string of the molecule is CN(C1CC1)C1CCCC(N)C1. The van der Waals surface area contributed by atoms with Crippen molar-refractivity contribution < 1.29 is 0 Å². The first-order valence-corrected chi connectivity index (χ1v) is 5.25. The van der Waals surface area contributed by atoms with Crippen molar-refractivity contribution in [1.29, 1.82) is 0 Å². The summed E-state index contributed by atoms with van der Waals surface area (Å²) in [5, 5.41) is 0. The van der Waals surface area contributed by atoms with Gasteiger partial charge in [0, 0.05) is 18.1 Å². The maximum absolute atomic E-state index is 5.96. The van der Waals surface area contributed by atoms with Gasteiger partial charge < -0.3 is 10.6 Å². The Bertz CT molecular complexity index is 154. The van der Waals surface area contributed by atoms with E-state index >= 15 is 0 Å². The van der Waals surface area contributed by atoms with E-state index in [0.717, 1.165) is 12.1 Å². The highest BCUT2D eigenvalue weighted by Gasteiger charge is 2.32. The van der Waals surface area contributed by atoms with Crippen LogP contribution in [0, 0.1) is 0 Å². The van der Waals surface area contributed by atoms with Crippen molar-refractivity contribution in [3.63, 3.8) is 0 Å². The van der Waals surface area contributed by atoms with Gasteiger partial charge in [-0.05, 0) is 39.2 Å². The van der Waals surface area contributed by atoms with Crippen LogP contribution in [-0.2, 0) is 0 Å². The Hall–Kier alpha value is -0.0800. The van der Waals surface area contributed by atoms with Crippen LogP contribution in [-0.4, -0.2) is 30.1 Å². The minimum atomic E-state index is 0.477. The van der Waals surface area contributed by atoms with Gasteiger partial charge in [-0.3, -0.25) is 0 Å². The van der Waals surface area contributed by atoms with Gasteiger partial charge in [-0.1, -0.05) is 6.42 Å². The van der Waals surface area contributed by atoms with Gasteiger partial charge in [0.05, 0.1) is 0 Å². The molecule has 0 saturated heterocycles. The normalized spacial score (nSPS) is 37.2. The predicted octanol–water partition coefficient (Wildman–Crippen LogP) is 1.35. The quantitative estimate of drug-likeness (QED) is 0.674. The molecule has 0 spiro atoms. The number of nitrogens with zero attached hydrogens (tertiary/aromatic N) is 1. The molecule has 70 valence electrons. The van der Waals surface area contributed by atoms with E-state index in [2.05, 4.69) is 11.9 Å². The molecule has 0 bridgehead atoms. The summed E-state index contributed by atoms with van der Waals surface area (Å²) in [4.78, 5) is 2.57. The Labute approximate surface area is 75.1 Å². The molecule has 2 aliphatic carbocycles. The summed E-state index contributed by atoms with van der Waals surface area (Å²) in [7, 11) is 2.28. The van der Waals surface area contributed by atoms with E-state index in [1.807, 2.05) is 0 Å². The molecule has 0 aromatic heterocycles. The molecule has 0 aliphatic heterocycles. The smallest absolute Gasteiger partial charge is 0.0110 e. The Morgan fingerprint density at radius 3 is 2.42 bits per heavy atom. The van der Waals surface area contributed by atoms with E-state index in [0.29, 0.717) is 6.04 Å². The first-order chi connectivity index (χ1) is 5.77. The Kier molecular flexibility index (Phi) is 2.37. The number of nitrogens with two attached hydrogens (primary N) is 1. The zero-order valence-electron chi connectivity index (χ0n) is 8.00. The van der Waals surface area contributed by atoms with Gasteiger partial charge in [-0.25, -0.2) is 0 Å². The molecule has 2 unspecified atom stereocenters. The monoisotopic (exact) mass is 168 g/mol. The van der Waals surface area contributed by atoms with Gasteiger partial charge in [0.25, 0.3) is 0 Å². The summed E-state index contributed by atoms with van der Waals surface area (Å²) in [5.41, 5.74) is 5.96. The molecular formula is C10H20N2. The Morgan fingerprint density at radius 2 is 1.83 bits per heavy atom. The van der Waals surface area contributed by atoms with Crippen LogP contribution in [0.1, 0.15) is 38.5 Å². The summed E-state index contributed by atoms with van der Waals surface area (Å²) in [6.07, 6.45) is 8.02. The summed E-state index contributed by atoms with van der Waals surface area (Å²) in [6, 6.07) is 2.17. The second-order valence-electron chi connectivity index (χ2n) is 4.48. The molecule has 2 atom stereocenters. The average Bonchev–Trinajstić information content (AvgIpc) is 2.85. The molecule has 2 rings (SSSR count). The molecule has 0 aromatic rings. The van der Waals surface area contributed by atoms with Crippen LogP contribution in [0.4, 0.5) is 0 Å². The average molecular weight is 168 g/mol. The summed E-state index contributed by atoms with van der Waals surface area (Å²) in [6.45, 7) is 0. The van der Waals surface area contributed by atoms with Gasteiger partial charge in [0.1, 0.15) is 0 Å². The summed E-state index contributed by atoms with van der Waals surface area (Å²) in [5.74, 6) is 0. The maximum Gasteiger partial charge on any atom is 0.0110 e. The van der Waals surface area contributed by atoms with Crippen LogP contribution < -0.4 is 5.73 Å². The molecule has 2 N–H and O–H groups in total. The minimum Gasteiger partial charge on any atom is -0.328 e. The van der Waals surface area contributed by atoms with Crippen LogP contribution in [0.25, 0.3) is 0 Å². The van der Waals surface area contributed by atoms with Gasteiger partial charge in [-0.15, -0.1) is 0 Å². The molecule has 2 heteroatoms. The fourth-order valence-corrected chi connectivity index (χ4v) is 2.35. The van der Waals surface area contributed by atoms with Crippen LogP contribution in [0.2, 0.25) is 0 Å². The zero-order chi connectivity index (χ0) is 8.55. The fourth-order valence-electron chi connectivity index (χ4n) is 2.35. The summed E-state index contributed by atoms with van der Waals surface area (Å²) >= 11 is 0. The molecule has 2 aliphatic rings. The highest BCUT2D eigenvalue weighted by Crippen LogP contribution is 2.31. The van der Waals surface area contributed by atoms with Crippen molar-refractivity contribution in [3.8, 4) is 0 Å². The lowest BCUT2D eigenvalue weighted by Crippen LogP contribution is -2.41. The molecule has 0 heterocycles. The van der Waals surface area contributed by atoms with E-state index in [-0.39, 0.29) is 0 Å². The van der Waals surface area contributed by atoms with Crippen molar-refractivity contribution in [2.75, 3.05) is 7.05 Å². The summed E-state index contributed by atoms with van der Waals surface area (Å²) < 4.78 is 0. The maximum atomic E-state index is 5.96. The van der Waals surface area contributed by atoms with Crippen molar-refractivity contribution in [1.82, 2.24) is 4.90 Å². The highest BCUT2D eigenvalue weighted by atomic mass is 15.2. The number of rotatable bonds is 2. The molecular weight excluding hydrogens is 148 g/mol. The van der Waals surface area contributed by atoms with Crippen molar-refractivity contribution in [2.45, 2.75) is 56.7 Å². The molecule has 2 nitrogen and oxygen atoms in total. The largest absolute Gasteiger partial charge is 0.328 e. The fraction of sp³-hybridized carbons (Fsp3) is 1.00. The molecule has 2 fully saturated rings. The zero-order valence-corrected chi connectivity index (χ0v) is 8.00. The first-order valence-electron chi connectivity index (χ1n) is 5.25. The van der Waals surface area contributed by atoms with Gasteiger partial charge in [0.15, 0.2) is 0 Å². The van der Waals surface area contributed by atoms with E-state index in [1.54, 1.807) is 0 Å². The number of hydrogen-bond donors (Lipinski definition) is 1. The first kappa shape index (κ1) is 8.52. The third kappa shape index (κ3) is 1.80. The van der Waals surface area contributed by atoms with Crippen molar-refractivity contribution in [3.05, 3.63) is 0 Å². The van der Waals surface area contributed by atoms with Gasteiger partial charge in [-0.2, -0.15) is 0 Å². The van der Waals surface area contributed by atoms with Crippen molar-refractivity contribution >= 4 is 0 Å². The van der Waals surface area contributed by atoms with Crippen molar-refractivity contribution in [2.24, 2.45) is 5.73 Å². The van der Waals surface area contributed by atoms with E-state index in [9.17, 15) is 0 Å². The van der Waals surface area contributed by atoms with Crippen LogP contribution >= 0.6 is 0 Å². The minimum absolute atomic E-state index is 0.477. The van der Waals surface area contributed by atoms with Crippen LogP contribution in [0.3, 0.4) is 0 Å². The van der Waals surface area contributed by atoms with Gasteiger partial charge in [0.2, 0.25) is 0 Å². The highest BCUT2D eigenvalue weighted by molar-refractivity contribution is 4.89. The van der Waals surface area contributed by atoms with E-state index in [1.165, 1.54) is 38.5 Å². The third-order valence-electron chi connectivity index (χ3n) is 3.39. The standard InChI is InChI=1S/C10H20N2/c1-12(9-5-6-9)10-4-2-3-8(11)7-10/h8-10H,2-7,11H2,1H3. The third-order valence-corrected chi connectivity index (χ3v) is 3.39. The Morgan fingerprint density at radius 1 is 1.08 bits per heavy atom. The van der Waals surface area contributed by atoms with Crippen LogP contribution in [0.15, 0.2) is 0 Å². The lowest BCUT2D eigenvalue weighted by molar-refractivity contribution is 0.172. The second-order valence-corrected chi connectivity index (χ2v) is 4.48. The Balaban J connectivity index is 1.84. The lowest BCUT2D eigenvalue weighted by atomic mass is 9.91. The molecule has 2 saturated carbocycles. The van der Waals surface area contributed by atoms with E-state index in [4.69, 9.17) is 5.73 Å². The lowest BCUT2D eigenvalue weighted by Gasteiger charge is -2.34. The molecule has 0 amide bonds. The predicted molar refractivity (Wildman–Crippen MR) is 51.0 cm³/mol. The molecule has 12 heavy (non-hydrogen) atoms.